The summed E-state index contributed by atoms with van der Waals surface area (Å²) < 4.78 is 0. The van der Waals surface area contributed by atoms with Crippen molar-refractivity contribution in [2.75, 3.05) is 6.54 Å². The van der Waals surface area contributed by atoms with Gasteiger partial charge in [0.2, 0.25) is 17.7 Å². The molecule has 3 amide bonds. The van der Waals surface area contributed by atoms with E-state index in [4.69, 9.17) is 0 Å². The molecule has 1 aromatic carbocycles. The zero-order valence-electron chi connectivity index (χ0n) is 22.1. The average molecular weight is 474 g/mol. The van der Waals surface area contributed by atoms with Crippen LogP contribution in [0.5, 0.6) is 0 Å². The Balaban J connectivity index is 2.94. The van der Waals surface area contributed by atoms with Gasteiger partial charge in [0, 0.05) is 22.8 Å². The third-order valence-corrected chi connectivity index (χ3v) is 6.13. The van der Waals surface area contributed by atoms with Crippen LogP contribution in [0.1, 0.15) is 80.2 Å². The maximum Gasteiger partial charge on any atom is 0.243 e. The van der Waals surface area contributed by atoms with E-state index in [-0.39, 0.29) is 36.1 Å². The fourth-order valence-corrected chi connectivity index (χ4v) is 4.12. The first-order chi connectivity index (χ1) is 15.6. The highest BCUT2D eigenvalue weighted by atomic mass is 16.2. The van der Waals surface area contributed by atoms with Crippen molar-refractivity contribution in [2.24, 2.45) is 10.8 Å². The molecule has 0 heterocycles. The summed E-state index contributed by atoms with van der Waals surface area (Å²) in [7, 11) is 0. The molecule has 1 rings (SSSR count). The van der Waals surface area contributed by atoms with E-state index in [1.165, 1.54) is 6.92 Å². The van der Waals surface area contributed by atoms with Gasteiger partial charge in [-0.1, -0.05) is 71.4 Å². The van der Waals surface area contributed by atoms with Crippen LogP contribution in [-0.4, -0.2) is 41.6 Å². The van der Waals surface area contributed by atoms with Gasteiger partial charge in [-0.2, -0.15) is 0 Å². The molecule has 0 aliphatic heterocycles. The van der Waals surface area contributed by atoms with Gasteiger partial charge in [-0.3, -0.25) is 19.2 Å². The van der Waals surface area contributed by atoms with Crippen LogP contribution in [0.2, 0.25) is 0 Å². The lowest BCUT2D eigenvalue weighted by Gasteiger charge is -2.33. The van der Waals surface area contributed by atoms with Crippen molar-refractivity contribution in [3.05, 3.63) is 35.9 Å². The minimum absolute atomic E-state index is 0.00367. The molecule has 7 heteroatoms. The summed E-state index contributed by atoms with van der Waals surface area (Å²) in [5.41, 5.74) is -1.01. The molecule has 0 fully saturated rings. The molecule has 7 nitrogen and oxygen atoms in total. The van der Waals surface area contributed by atoms with Crippen LogP contribution in [0.4, 0.5) is 0 Å². The molecule has 1 aromatic rings. The highest BCUT2D eigenvalue weighted by Crippen LogP contribution is 2.34. The summed E-state index contributed by atoms with van der Waals surface area (Å²) in [5, 5.41) is 8.47. The van der Waals surface area contributed by atoms with Gasteiger partial charge in [-0.25, -0.2) is 0 Å². The van der Waals surface area contributed by atoms with Crippen LogP contribution in [0.25, 0.3) is 0 Å². The first kappa shape index (κ1) is 29.3. The SMILES string of the molecule is CCCC(C)(C)NC(=O)CNC(=O)C(Cc1ccccc1)NC(=O)C(C)(C)CC(C)(C)C(C)=O. The van der Waals surface area contributed by atoms with Crippen molar-refractivity contribution in [1.82, 2.24) is 16.0 Å². The smallest absolute Gasteiger partial charge is 0.243 e. The molecule has 0 saturated carbocycles. The molecule has 34 heavy (non-hydrogen) atoms. The number of benzene rings is 1. The summed E-state index contributed by atoms with van der Waals surface area (Å²) in [6.07, 6.45) is 2.38. The predicted molar refractivity (Wildman–Crippen MR) is 135 cm³/mol. The summed E-state index contributed by atoms with van der Waals surface area (Å²) in [6, 6.07) is 8.54. The quantitative estimate of drug-likeness (QED) is 0.407. The molecule has 0 saturated heterocycles. The average Bonchev–Trinajstić information content (AvgIpc) is 2.70. The summed E-state index contributed by atoms with van der Waals surface area (Å²) in [5.74, 6) is -1.02. The number of rotatable bonds is 13. The second-order valence-electron chi connectivity index (χ2n) is 11.1. The van der Waals surface area contributed by atoms with E-state index in [9.17, 15) is 19.2 Å². The van der Waals surface area contributed by atoms with Gasteiger partial charge in [0.05, 0.1) is 6.54 Å². The Labute approximate surface area is 204 Å². The lowest BCUT2D eigenvalue weighted by molar-refractivity contribution is -0.137. The Morgan fingerprint density at radius 2 is 1.50 bits per heavy atom. The molecule has 0 spiro atoms. The van der Waals surface area contributed by atoms with E-state index in [0.717, 1.165) is 18.4 Å². The molecule has 0 aromatic heterocycles. The number of hydrogen-bond donors (Lipinski definition) is 3. The van der Waals surface area contributed by atoms with Crippen molar-refractivity contribution in [2.45, 2.75) is 92.7 Å². The molecular formula is C27H43N3O4. The standard InChI is InChI=1S/C27H43N3O4/c1-9-15-27(7,8)30-22(32)17-28-23(33)21(16-20-13-11-10-12-14-20)29-24(34)26(5,6)18-25(3,4)19(2)31/h10-14,21H,9,15-18H2,1-8H3,(H,28,33)(H,29,34)(H,30,32). The van der Waals surface area contributed by atoms with Crippen LogP contribution in [0, 0.1) is 10.8 Å². The summed E-state index contributed by atoms with van der Waals surface area (Å²) >= 11 is 0. The number of carbonyl (C=O) groups is 4. The van der Waals surface area contributed by atoms with E-state index in [1.807, 2.05) is 65.0 Å². The molecule has 0 aliphatic rings. The first-order valence-electron chi connectivity index (χ1n) is 12.0. The van der Waals surface area contributed by atoms with Gasteiger partial charge >= 0.3 is 0 Å². The molecular weight excluding hydrogens is 430 g/mol. The van der Waals surface area contributed by atoms with Crippen LogP contribution in [-0.2, 0) is 25.6 Å². The van der Waals surface area contributed by atoms with E-state index in [2.05, 4.69) is 16.0 Å². The normalized spacial score (nSPS) is 13.1. The summed E-state index contributed by atoms with van der Waals surface area (Å²) in [4.78, 5) is 50.6. The van der Waals surface area contributed by atoms with E-state index >= 15 is 0 Å². The minimum atomic E-state index is -0.869. The highest BCUT2D eigenvalue weighted by Gasteiger charge is 2.38. The molecule has 1 unspecified atom stereocenters. The van der Waals surface area contributed by atoms with Gasteiger partial charge < -0.3 is 16.0 Å². The van der Waals surface area contributed by atoms with Crippen molar-refractivity contribution in [3.63, 3.8) is 0 Å². The van der Waals surface area contributed by atoms with Crippen molar-refractivity contribution in [1.29, 1.82) is 0 Å². The van der Waals surface area contributed by atoms with Crippen LogP contribution in [0.3, 0.4) is 0 Å². The minimum Gasteiger partial charge on any atom is -0.350 e. The van der Waals surface area contributed by atoms with Crippen molar-refractivity contribution in [3.8, 4) is 0 Å². The number of amides is 3. The number of carbonyl (C=O) groups excluding carboxylic acids is 4. The second kappa shape index (κ2) is 12.1. The zero-order chi connectivity index (χ0) is 26.2. The lowest BCUT2D eigenvalue weighted by atomic mass is 9.72. The topological polar surface area (TPSA) is 104 Å². The highest BCUT2D eigenvalue weighted by molar-refractivity contribution is 5.92. The Kier molecular flexibility index (Phi) is 10.5. The van der Waals surface area contributed by atoms with Crippen molar-refractivity contribution < 1.29 is 19.2 Å². The van der Waals surface area contributed by atoms with E-state index in [1.54, 1.807) is 13.8 Å². The van der Waals surface area contributed by atoms with Crippen LogP contribution >= 0.6 is 0 Å². The Bertz CT molecular complexity index is 860. The Hall–Kier alpha value is -2.70. The third kappa shape index (κ3) is 9.65. The van der Waals surface area contributed by atoms with Crippen molar-refractivity contribution >= 4 is 23.5 Å². The maximum atomic E-state index is 13.2. The van der Waals surface area contributed by atoms with E-state index in [0.29, 0.717) is 6.42 Å². The van der Waals surface area contributed by atoms with Gasteiger partial charge in [0.25, 0.3) is 0 Å². The molecule has 0 bridgehead atoms. The molecule has 0 radical (unpaired) electrons. The monoisotopic (exact) mass is 473 g/mol. The number of Topliss-reactive ketones (excluding diaryl/α,β-unsaturated/α-hetero) is 1. The number of nitrogens with one attached hydrogen (secondary N) is 3. The molecule has 190 valence electrons. The maximum absolute atomic E-state index is 13.2. The molecule has 3 N–H and O–H groups in total. The van der Waals surface area contributed by atoms with Gasteiger partial charge in [-0.05, 0) is 39.2 Å². The zero-order valence-corrected chi connectivity index (χ0v) is 22.1. The predicted octanol–water partition coefficient (Wildman–Crippen LogP) is 3.56. The fourth-order valence-electron chi connectivity index (χ4n) is 4.12. The summed E-state index contributed by atoms with van der Waals surface area (Å²) in [6.45, 7) is 14.5. The Morgan fingerprint density at radius 3 is 2.03 bits per heavy atom. The fraction of sp³-hybridized carbons (Fsp3) is 0.630. The second-order valence-corrected chi connectivity index (χ2v) is 11.1. The van der Waals surface area contributed by atoms with Crippen LogP contribution < -0.4 is 16.0 Å². The Morgan fingerprint density at radius 1 is 0.912 bits per heavy atom. The number of ketones is 1. The molecule has 0 aliphatic carbocycles. The number of hydrogen-bond acceptors (Lipinski definition) is 4. The largest absolute Gasteiger partial charge is 0.350 e. The third-order valence-electron chi connectivity index (χ3n) is 6.13. The molecule has 1 atom stereocenters. The van der Waals surface area contributed by atoms with Gasteiger partial charge in [0.1, 0.15) is 11.8 Å². The van der Waals surface area contributed by atoms with Gasteiger partial charge in [0.15, 0.2) is 0 Å². The van der Waals surface area contributed by atoms with Crippen LogP contribution in [0.15, 0.2) is 30.3 Å². The first-order valence-corrected chi connectivity index (χ1v) is 12.0. The van der Waals surface area contributed by atoms with Gasteiger partial charge in [-0.15, -0.1) is 0 Å². The van der Waals surface area contributed by atoms with E-state index < -0.39 is 22.8 Å². The lowest BCUT2D eigenvalue weighted by Crippen LogP contribution is -2.54.